The van der Waals surface area contributed by atoms with Gasteiger partial charge in [-0.05, 0) is 86.1 Å². The van der Waals surface area contributed by atoms with Crippen LogP contribution < -0.4 is 5.32 Å². The Hall–Kier alpha value is -4.98. The summed E-state index contributed by atoms with van der Waals surface area (Å²) in [5, 5.41) is 8.26. The quantitative estimate of drug-likeness (QED) is 0.328. The number of aromatic nitrogens is 5. The molecule has 0 spiro atoms. The molecular formula is C29H21FN6O. The maximum atomic E-state index is 14.0. The molecule has 7 nitrogen and oxygen atoms in total. The number of amides is 1. The summed E-state index contributed by atoms with van der Waals surface area (Å²) >= 11 is 0. The smallest absolute Gasteiger partial charge is 0.256 e. The average Bonchev–Trinajstić information content (AvgIpc) is 3.30. The minimum Gasteiger partial charge on any atom is -0.307 e. The fraction of sp³-hybridized carbons (Fsp3) is 0.0690. The van der Waals surface area contributed by atoms with Crippen LogP contribution in [0.2, 0.25) is 0 Å². The van der Waals surface area contributed by atoms with E-state index >= 15 is 0 Å². The Morgan fingerprint density at radius 2 is 1.78 bits per heavy atom. The zero-order chi connectivity index (χ0) is 25.5. The Kier molecular flexibility index (Phi) is 5.41. The highest BCUT2D eigenvalue weighted by Gasteiger charge is 2.19. The predicted molar refractivity (Wildman–Crippen MR) is 141 cm³/mol. The maximum Gasteiger partial charge on any atom is 0.256 e. The first-order valence-corrected chi connectivity index (χ1v) is 11.7. The van der Waals surface area contributed by atoms with Crippen LogP contribution in [0.4, 0.5) is 10.2 Å². The fourth-order valence-electron chi connectivity index (χ4n) is 4.34. The molecule has 0 radical (unpaired) electrons. The highest BCUT2D eigenvalue weighted by molar-refractivity contribution is 6.06. The molecule has 6 aromatic rings. The number of hydrogen-bond donors (Lipinski definition) is 1. The van der Waals surface area contributed by atoms with Crippen molar-refractivity contribution in [3.63, 3.8) is 0 Å². The number of fused-ring (bicyclic) bond motifs is 2. The Morgan fingerprint density at radius 3 is 2.65 bits per heavy atom. The van der Waals surface area contributed by atoms with E-state index in [1.807, 2.05) is 49.4 Å². The summed E-state index contributed by atoms with van der Waals surface area (Å²) in [7, 11) is 0. The van der Waals surface area contributed by atoms with Crippen LogP contribution in [0, 0.1) is 19.7 Å². The molecule has 0 aliphatic carbocycles. The molecule has 0 atom stereocenters. The highest BCUT2D eigenvalue weighted by Crippen LogP contribution is 2.33. The second-order valence-corrected chi connectivity index (χ2v) is 8.81. The summed E-state index contributed by atoms with van der Waals surface area (Å²) in [6.07, 6.45) is 3.30. The Balaban J connectivity index is 1.39. The molecule has 2 aromatic carbocycles. The van der Waals surface area contributed by atoms with Crippen molar-refractivity contribution in [2.75, 3.05) is 5.32 Å². The van der Waals surface area contributed by atoms with Crippen molar-refractivity contribution in [1.82, 2.24) is 24.6 Å². The number of halogens is 1. The summed E-state index contributed by atoms with van der Waals surface area (Å²) in [6, 6.07) is 21.4. The number of carbonyl (C=O) groups is 1. The summed E-state index contributed by atoms with van der Waals surface area (Å²) < 4.78 is 15.7. The van der Waals surface area contributed by atoms with Crippen LogP contribution in [-0.4, -0.2) is 30.5 Å². The van der Waals surface area contributed by atoms with Gasteiger partial charge in [-0.3, -0.25) is 9.78 Å². The normalized spacial score (nSPS) is 11.2. The van der Waals surface area contributed by atoms with Crippen LogP contribution in [0.5, 0.6) is 0 Å². The van der Waals surface area contributed by atoms with Crippen molar-refractivity contribution >= 4 is 28.3 Å². The number of rotatable bonds is 4. The fourth-order valence-corrected chi connectivity index (χ4v) is 4.34. The lowest BCUT2D eigenvalue weighted by Crippen LogP contribution is -2.13. The number of hydrogen-bond acceptors (Lipinski definition) is 5. The Morgan fingerprint density at radius 1 is 0.892 bits per heavy atom. The van der Waals surface area contributed by atoms with Gasteiger partial charge in [-0.25, -0.2) is 18.9 Å². The number of benzene rings is 2. The van der Waals surface area contributed by atoms with Gasteiger partial charge in [-0.15, -0.1) is 0 Å². The van der Waals surface area contributed by atoms with Crippen LogP contribution in [-0.2, 0) is 0 Å². The monoisotopic (exact) mass is 488 g/mol. The first-order chi connectivity index (χ1) is 18.0. The molecule has 4 aromatic heterocycles. The van der Waals surface area contributed by atoms with Crippen molar-refractivity contribution in [3.8, 4) is 22.5 Å². The molecule has 0 bridgehead atoms. The number of anilines is 1. The van der Waals surface area contributed by atoms with E-state index in [4.69, 9.17) is 4.98 Å². The maximum absolute atomic E-state index is 14.0. The van der Waals surface area contributed by atoms with Crippen molar-refractivity contribution < 1.29 is 9.18 Å². The van der Waals surface area contributed by atoms with Gasteiger partial charge in [-0.1, -0.05) is 6.07 Å². The third-order valence-corrected chi connectivity index (χ3v) is 6.19. The molecule has 37 heavy (non-hydrogen) atoms. The molecule has 0 saturated heterocycles. The highest BCUT2D eigenvalue weighted by atomic mass is 19.1. The molecule has 4 heterocycles. The van der Waals surface area contributed by atoms with E-state index in [0.29, 0.717) is 34.0 Å². The number of carbonyl (C=O) groups excluding carboxylic acids is 1. The molecule has 0 aliphatic rings. The number of imidazole rings is 1. The second-order valence-electron chi connectivity index (χ2n) is 8.81. The summed E-state index contributed by atoms with van der Waals surface area (Å²) in [4.78, 5) is 26.7. The molecule has 0 aliphatic heterocycles. The van der Waals surface area contributed by atoms with Crippen molar-refractivity contribution in [1.29, 1.82) is 0 Å². The topological polar surface area (TPSA) is 85.1 Å². The van der Waals surface area contributed by atoms with Crippen molar-refractivity contribution in [2.24, 2.45) is 0 Å². The minimum absolute atomic E-state index is 0.277. The van der Waals surface area contributed by atoms with E-state index < -0.39 is 0 Å². The van der Waals surface area contributed by atoms with Gasteiger partial charge in [0, 0.05) is 40.2 Å². The van der Waals surface area contributed by atoms with E-state index in [2.05, 4.69) is 20.4 Å². The summed E-state index contributed by atoms with van der Waals surface area (Å²) in [6.45, 7) is 3.65. The van der Waals surface area contributed by atoms with Gasteiger partial charge in [0.25, 0.3) is 5.91 Å². The van der Waals surface area contributed by atoms with Crippen LogP contribution in [0.15, 0.2) is 85.2 Å². The van der Waals surface area contributed by atoms with Crippen LogP contribution in [0.3, 0.4) is 0 Å². The number of nitrogens with zero attached hydrogens (tertiary/aromatic N) is 5. The third-order valence-electron chi connectivity index (χ3n) is 6.19. The molecule has 180 valence electrons. The lowest BCUT2D eigenvalue weighted by molar-refractivity contribution is 0.102. The van der Waals surface area contributed by atoms with Gasteiger partial charge in [0.2, 0.25) is 0 Å². The van der Waals surface area contributed by atoms with E-state index in [0.717, 1.165) is 27.7 Å². The summed E-state index contributed by atoms with van der Waals surface area (Å²) in [5.74, 6) is -0.171. The Labute approximate surface area is 211 Å². The van der Waals surface area contributed by atoms with Gasteiger partial charge < -0.3 is 5.32 Å². The lowest BCUT2D eigenvalue weighted by atomic mass is 10.0. The van der Waals surface area contributed by atoms with Gasteiger partial charge in [0.15, 0.2) is 5.65 Å². The van der Waals surface area contributed by atoms with Crippen LogP contribution in [0.25, 0.3) is 39.1 Å². The van der Waals surface area contributed by atoms with E-state index in [-0.39, 0.29) is 11.7 Å². The average molecular weight is 489 g/mol. The first kappa shape index (κ1) is 22.5. The van der Waals surface area contributed by atoms with Gasteiger partial charge in [0.1, 0.15) is 17.3 Å². The zero-order valence-corrected chi connectivity index (χ0v) is 20.1. The van der Waals surface area contributed by atoms with Gasteiger partial charge in [-0.2, -0.15) is 5.10 Å². The van der Waals surface area contributed by atoms with Gasteiger partial charge >= 0.3 is 0 Å². The van der Waals surface area contributed by atoms with Crippen molar-refractivity contribution in [3.05, 3.63) is 108 Å². The van der Waals surface area contributed by atoms with Gasteiger partial charge in [0.05, 0.1) is 11.2 Å². The molecule has 1 N–H and O–H groups in total. The zero-order valence-electron chi connectivity index (χ0n) is 20.1. The third kappa shape index (κ3) is 4.18. The predicted octanol–water partition coefficient (Wildman–Crippen LogP) is 6.01. The molecule has 0 unspecified atom stereocenters. The molecule has 0 fully saturated rings. The minimum atomic E-state index is -0.280. The van der Waals surface area contributed by atoms with Crippen LogP contribution in [0.1, 0.15) is 21.6 Å². The largest absolute Gasteiger partial charge is 0.307 e. The van der Waals surface area contributed by atoms with E-state index in [1.165, 1.54) is 6.07 Å². The number of aryl methyl sites for hydroxylation is 2. The second kappa shape index (κ2) is 8.91. The summed E-state index contributed by atoms with van der Waals surface area (Å²) in [5.41, 5.74) is 6.32. The molecule has 0 saturated carbocycles. The number of nitrogens with one attached hydrogen (secondary N) is 1. The lowest BCUT2D eigenvalue weighted by Gasteiger charge is -2.09. The molecule has 6 rings (SSSR count). The van der Waals surface area contributed by atoms with E-state index in [9.17, 15) is 9.18 Å². The Bertz CT molecular complexity index is 1830. The number of pyridine rings is 2. The molecule has 1 amide bonds. The van der Waals surface area contributed by atoms with Crippen LogP contribution >= 0.6 is 0 Å². The first-order valence-electron chi connectivity index (χ1n) is 11.7. The standard InChI is InChI=1S/C29H21FN6O/c1-17-14-20(7-9-23(17)30)27-28(36-26(35-27)4-3-12-32-36)21-11-13-31-25(16-21)34-29(37)22-8-10-24-19(15-22)6-5-18(2)33-24/h3-16H,1-2H3,(H,31,34,37). The van der Waals surface area contributed by atoms with Crippen molar-refractivity contribution in [2.45, 2.75) is 13.8 Å². The molecule has 8 heteroatoms. The molecular weight excluding hydrogens is 467 g/mol. The van der Waals surface area contributed by atoms with E-state index in [1.54, 1.807) is 48.1 Å². The SMILES string of the molecule is Cc1ccc2cc(C(=O)Nc3cc(-c4c(-c5ccc(F)c(C)c5)nc5cccnn45)ccn3)ccc2n1.